The number of hydrogen-bond donors (Lipinski definition) is 1. The zero-order chi connectivity index (χ0) is 16.6. The fraction of sp³-hybridized carbons (Fsp3) is 0.182. The van der Waals surface area contributed by atoms with Crippen LogP contribution in [0.5, 0.6) is 5.75 Å². The lowest BCUT2D eigenvalue weighted by Crippen LogP contribution is -2.13. The van der Waals surface area contributed by atoms with Gasteiger partial charge in [-0.05, 0) is 24.1 Å². The van der Waals surface area contributed by atoms with Gasteiger partial charge in [-0.15, -0.1) is 12.4 Å². The van der Waals surface area contributed by atoms with Crippen molar-refractivity contribution >= 4 is 12.4 Å². The lowest BCUT2D eigenvalue weighted by molar-refractivity contribution is 0.302. The van der Waals surface area contributed by atoms with Crippen LogP contribution < -0.4 is 10.1 Å². The molecule has 0 bridgehead atoms. The molecule has 0 aliphatic rings. The first-order valence-electron chi connectivity index (χ1n) is 8.32. The van der Waals surface area contributed by atoms with E-state index in [2.05, 4.69) is 72.9 Å². The maximum Gasteiger partial charge on any atom is 0.124 e. The average Bonchev–Trinajstić information content (AvgIpc) is 2.63. The minimum Gasteiger partial charge on any atom is -0.489 e. The Balaban J connectivity index is 0.00000225. The molecule has 0 aliphatic carbocycles. The van der Waals surface area contributed by atoms with Crippen LogP contribution in [0, 0.1) is 6.92 Å². The fourth-order valence-electron chi connectivity index (χ4n) is 2.57. The van der Waals surface area contributed by atoms with Crippen molar-refractivity contribution in [3.63, 3.8) is 0 Å². The SMILES string of the molecule is Cc1ccc(COc2ccccc2CNCc2ccccc2)cc1.Cl. The topological polar surface area (TPSA) is 21.3 Å². The van der Waals surface area contributed by atoms with Crippen LogP contribution in [0.4, 0.5) is 0 Å². The van der Waals surface area contributed by atoms with Crippen molar-refractivity contribution in [2.45, 2.75) is 26.6 Å². The van der Waals surface area contributed by atoms with E-state index in [0.717, 1.165) is 18.8 Å². The van der Waals surface area contributed by atoms with Crippen LogP contribution in [0.1, 0.15) is 22.3 Å². The molecule has 1 N–H and O–H groups in total. The van der Waals surface area contributed by atoms with Crippen LogP contribution in [0.2, 0.25) is 0 Å². The summed E-state index contributed by atoms with van der Waals surface area (Å²) in [6.45, 7) is 4.33. The van der Waals surface area contributed by atoms with Crippen molar-refractivity contribution < 1.29 is 4.74 Å². The van der Waals surface area contributed by atoms with Gasteiger partial charge >= 0.3 is 0 Å². The largest absolute Gasteiger partial charge is 0.489 e. The van der Waals surface area contributed by atoms with Gasteiger partial charge in [-0.2, -0.15) is 0 Å². The highest BCUT2D eigenvalue weighted by Gasteiger charge is 2.03. The summed E-state index contributed by atoms with van der Waals surface area (Å²) in [4.78, 5) is 0. The van der Waals surface area contributed by atoms with Crippen molar-refractivity contribution in [2.75, 3.05) is 0 Å². The van der Waals surface area contributed by atoms with Crippen molar-refractivity contribution in [1.82, 2.24) is 5.32 Å². The molecule has 0 spiro atoms. The number of rotatable bonds is 7. The summed E-state index contributed by atoms with van der Waals surface area (Å²) >= 11 is 0. The third kappa shape index (κ3) is 5.93. The summed E-state index contributed by atoms with van der Waals surface area (Å²) in [5, 5.41) is 3.48. The monoisotopic (exact) mass is 353 g/mol. The van der Waals surface area contributed by atoms with Gasteiger partial charge in [0.15, 0.2) is 0 Å². The highest BCUT2D eigenvalue weighted by molar-refractivity contribution is 5.85. The average molecular weight is 354 g/mol. The molecule has 130 valence electrons. The van der Waals surface area contributed by atoms with Gasteiger partial charge in [0.05, 0.1) is 0 Å². The second-order valence-corrected chi connectivity index (χ2v) is 5.97. The molecule has 3 heteroatoms. The lowest BCUT2D eigenvalue weighted by Gasteiger charge is -2.12. The van der Waals surface area contributed by atoms with Gasteiger partial charge in [0.2, 0.25) is 0 Å². The molecule has 0 amide bonds. The van der Waals surface area contributed by atoms with Gasteiger partial charge in [-0.1, -0.05) is 78.4 Å². The molecule has 3 aromatic carbocycles. The predicted molar refractivity (Wildman–Crippen MR) is 106 cm³/mol. The van der Waals surface area contributed by atoms with Crippen LogP contribution in [0.15, 0.2) is 78.9 Å². The lowest BCUT2D eigenvalue weighted by atomic mass is 10.1. The minimum absolute atomic E-state index is 0. The van der Waals surface area contributed by atoms with Crippen LogP contribution in [-0.4, -0.2) is 0 Å². The van der Waals surface area contributed by atoms with E-state index >= 15 is 0 Å². The predicted octanol–water partition coefficient (Wildman–Crippen LogP) is 5.29. The van der Waals surface area contributed by atoms with E-state index in [-0.39, 0.29) is 12.4 Å². The number of benzene rings is 3. The van der Waals surface area contributed by atoms with E-state index in [0.29, 0.717) is 6.61 Å². The molecule has 0 saturated carbocycles. The quantitative estimate of drug-likeness (QED) is 0.623. The number of nitrogens with one attached hydrogen (secondary N) is 1. The normalized spacial score (nSPS) is 10.1. The Hall–Kier alpha value is -2.29. The Kier molecular flexibility index (Phi) is 7.52. The first-order chi connectivity index (χ1) is 11.8. The fourth-order valence-corrected chi connectivity index (χ4v) is 2.57. The number of aryl methyl sites for hydroxylation is 1. The van der Waals surface area contributed by atoms with Crippen LogP contribution in [0.25, 0.3) is 0 Å². The third-order valence-corrected chi connectivity index (χ3v) is 3.97. The van der Waals surface area contributed by atoms with Crippen molar-refractivity contribution in [3.8, 4) is 5.75 Å². The maximum absolute atomic E-state index is 6.03. The van der Waals surface area contributed by atoms with E-state index in [4.69, 9.17) is 4.74 Å². The Morgan fingerprint density at radius 1 is 0.720 bits per heavy atom. The van der Waals surface area contributed by atoms with Gasteiger partial charge in [-0.25, -0.2) is 0 Å². The molecule has 3 rings (SSSR count). The first-order valence-corrected chi connectivity index (χ1v) is 8.32. The molecule has 0 radical (unpaired) electrons. The molecular formula is C22H24ClNO. The number of ether oxygens (including phenoxy) is 1. The zero-order valence-electron chi connectivity index (χ0n) is 14.4. The molecule has 0 aliphatic heterocycles. The highest BCUT2D eigenvalue weighted by atomic mass is 35.5. The van der Waals surface area contributed by atoms with Crippen molar-refractivity contribution in [1.29, 1.82) is 0 Å². The van der Waals surface area contributed by atoms with Gasteiger partial charge in [0.25, 0.3) is 0 Å². The Bertz CT molecular complexity index is 756. The molecule has 3 aromatic rings. The van der Waals surface area contributed by atoms with E-state index in [1.807, 2.05) is 18.2 Å². The summed E-state index contributed by atoms with van der Waals surface area (Å²) in [6.07, 6.45) is 0. The molecule has 0 aromatic heterocycles. The van der Waals surface area contributed by atoms with Crippen molar-refractivity contribution in [3.05, 3.63) is 101 Å². The smallest absolute Gasteiger partial charge is 0.124 e. The zero-order valence-corrected chi connectivity index (χ0v) is 15.3. The van der Waals surface area contributed by atoms with Gasteiger partial charge in [0, 0.05) is 18.7 Å². The Morgan fingerprint density at radius 2 is 1.40 bits per heavy atom. The summed E-state index contributed by atoms with van der Waals surface area (Å²) in [7, 11) is 0. The van der Waals surface area contributed by atoms with E-state index in [1.165, 1.54) is 22.3 Å². The Morgan fingerprint density at radius 3 is 2.16 bits per heavy atom. The van der Waals surface area contributed by atoms with Crippen LogP contribution in [-0.2, 0) is 19.7 Å². The Labute approximate surface area is 156 Å². The van der Waals surface area contributed by atoms with Crippen molar-refractivity contribution in [2.24, 2.45) is 0 Å². The number of para-hydroxylation sites is 1. The second kappa shape index (κ2) is 9.87. The molecular weight excluding hydrogens is 330 g/mol. The molecule has 0 saturated heterocycles. The van der Waals surface area contributed by atoms with Crippen LogP contribution >= 0.6 is 12.4 Å². The molecule has 0 heterocycles. The molecule has 25 heavy (non-hydrogen) atoms. The summed E-state index contributed by atoms with van der Waals surface area (Å²) < 4.78 is 6.03. The van der Waals surface area contributed by atoms with Gasteiger partial charge < -0.3 is 10.1 Å². The van der Waals surface area contributed by atoms with E-state index < -0.39 is 0 Å². The molecule has 0 unspecified atom stereocenters. The maximum atomic E-state index is 6.03. The number of hydrogen-bond acceptors (Lipinski definition) is 2. The summed E-state index contributed by atoms with van der Waals surface area (Å²) in [5.41, 5.74) is 4.92. The van der Waals surface area contributed by atoms with E-state index in [9.17, 15) is 0 Å². The third-order valence-electron chi connectivity index (χ3n) is 3.97. The molecule has 2 nitrogen and oxygen atoms in total. The van der Waals surface area contributed by atoms with Crippen LogP contribution in [0.3, 0.4) is 0 Å². The second-order valence-electron chi connectivity index (χ2n) is 5.97. The molecule has 0 fully saturated rings. The summed E-state index contributed by atoms with van der Waals surface area (Å²) in [5.74, 6) is 0.943. The molecule has 0 atom stereocenters. The van der Waals surface area contributed by atoms with Gasteiger partial charge in [0.1, 0.15) is 12.4 Å². The highest BCUT2D eigenvalue weighted by Crippen LogP contribution is 2.19. The van der Waals surface area contributed by atoms with Gasteiger partial charge in [-0.3, -0.25) is 0 Å². The van der Waals surface area contributed by atoms with E-state index in [1.54, 1.807) is 0 Å². The number of halogens is 1. The first kappa shape index (κ1) is 19.0. The summed E-state index contributed by atoms with van der Waals surface area (Å²) in [6, 6.07) is 27.1. The standard InChI is InChI=1S/C22H23NO.ClH/c1-18-11-13-20(14-12-18)17-24-22-10-6-5-9-21(22)16-23-15-19-7-3-2-4-8-19;/h2-14,23H,15-17H2,1H3;1H. The minimum atomic E-state index is 0.